The van der Waals surface area contributed by atoms with Crippen LogP contribution in [-0.4, -0.2) is 25.6 Å². The third kappa shape index (κ3) is 3.77. The van der Waals surface area contributed by atoms with Crippen LogP contribution in [0.25, 0.3) is 0 Å². The lowest BCUT2D eigenvalue weighted by Gasteiger charge is -2.36. The van der Waals surface area contributed by atoms with Gasteiger partial charge >= 0.3 is 0 Å². The maximum atomic E-state index is 12.6. The largest absolute Gasteiger partial charge is 0.497 e. The number of aryl methyl sites for hydroxylation is 1. The molecule has 0 aromatic heterocycles. The summed E-state index contributed by atoms with van der Waals surface area (Å²) in [6.07, 6.45) is 3.65. The van der Waals surface area contributed by atoms with Crippen LogP contribution in [0, 0.1) is 6.92 Å². The second kappa shape index (κ2) is 7.68. The molecule has 26 heavy (non-hydrogen) atoms. The van der Waals surface area contributed by atoms with Gasteiger partial charge in [0, 0.05) is 23.8 Å². The highest BCUT2D eigenvalue weighted by molar-refractivity contribution is 6.06. The number of benzene rings is 2. The fraction of sp³-hybridized carbons (Fsp3) is 0.381. The average molecular weight is 353 g/mol. The highest BCUT2D eigenvalue weighted by Gasteiger charge is 2.21. The van der Waals surface area contributed by atoms with Crippen LogP contribution < -0.4 is 20.7 Å². The quantitative estimate of drug-likeness (QED) is 0.808. The zero-order chi connectivity index (χ0) is 18.7. The summed E-state index contributed by atoms with van der Waals surface area (Å²) in [5, 5.41) is 2.95. The highest BCUT2D eigenvalue weighted by Crippen LogP contribution is 2.33. The Hall–Kier alpha value is -2.69. The molecule has 2 aromatic carbocycles. The summed E-state index contributed by atoms with van der Waals surface area (Å²) in [7, 11) is 1.58. The van der Waals surface area contributed by atoms with Crippen molar-refractivity contribution in [3.8, 4) is 5.75 Å². The lowest BCUT2D eigenvalue weighted by Crippen LogP contribution is -2.37. The van der Waals surface area contributed by atoms with E-state index in [0.29, 0.717) is 28.7 Å². The third-order valence-electron chi connectivity index (χ3n) is 5.06. The molecule has 3 rings (SSSR count). The van der Waals surface area contributed by atoms with Gasteiger partial charge in [-0.1, -0.05) is 6.07 Å². The van der Waals surface area contributed by atoms with E-state index in [1.54, 1.807) is 25.3 Å². The number of ether oxygens (including phenoxy) is 1. The number of amides is 1. The molecule has 1 heterocycles. The molecule has 0 spiro atoms. The molecule has 1 amide bonds. The number of carbonyl (C=O) groups is 1. The number of nitrogens with two attached hydrogens (primary N) is 1. The van der Waals surface area contributed by atoms with Crippen LogP contribution in [0.3, 0.4) is 0 Å². The first kappa shape index (κ1) is 18.1. The number of nitrogen functional groups attached to an aromatic ring is 1. The van der Waals surface area contributed by atoms with E-state index in [0.717, 1.165) is 17.8 Å². The molecule has 1 aliphatic rings. The van der Waals surface area contributed by atoms with Crippen LogP contribution in [0.15, 0.2) is 36.4 Å². The molecule has 5 heteroatoms. The van der Waals surface area contributed by atoms with Crippen molar-refractivity contribution in [1.82, 2.24) is 0 Å². The summed E-state index contributed by atoms with van der Waals surface area (Å²) >= 11 is 0. The number of carbonyl (C=O) groups excluding carboxylic acids is 1. The fourth-order valence-corrected chi connectivity index (χ4v) is 3.55. The zero-order valence-electron chi connectivity index (χ0n) is 15.7. The van der Waals surface area contributed by atoms with Crippen LogP contribution in [-0.2, 0) is 0 Å². The third-order valence-corrected chi connectivity index (χ3v) is 5.06. The van der Waals surface area contributed by atoms with Crippen LogP contribution in [0.4, 0.5) is 17.1 Å². The van der Waals surface area contributed by atoms with Gasteiger partial charge < -0.3 is 20.7 Å². The van der Waals surface area contributed by atoms with Gasteiger partial charge in [0.25, 0.3) is 5.91 Å². The molecule has 0 bridgehead atoms. The summed E-state index contributed by atoms with van der Waals surface area (Å²) in [4.78, 5) is 15.1. The van der Waals surface area contributed by atoms with Crippen molar-refractivity contribution < 1.29 is 9.53 Å². The van der Waals surface area contributed by atoms with E-state index in [-0.39, 0.29) is 5.91 Å². The number of hydrogen-bond donors (Lipinski definition) is 2. The topological polar surface area (TPSA) is 67.6 Å². The zero-order valence-corrected chi connectivity index (χ0v) is 15.7. The number of anilines is 3. The van der Waals surface area contributed by atoms with Crippen molar-refractivity contribution in [2.45, 2.75) is 39.2 Å². The Morgan fingerprint density at radius 1 is 1.27 bits per heavy atom. The van der Waals surface area contributed by atoms with Crippen LogP contribution in [0.2, 0.25) is 0 Å². The van der Waals surface area contributed by atoms with Crippen molar-refractivity contribution >= 4 is 23.0 Å². The predicted octanol–water partition coefficient (Wildman–Crippen LogP) is 4.22. The van der Waals surface area contributed by atoms with Crippen LogP contribution >= 0.6 is 0 Å². The van der Waals surface area contributed by atoms with E-state index < -0.39 is 0 Å². The normalized spacial score (nSPS) is 17.0. The molecule has 1 atom stereocenters. The Kier molecular flexibility index (Phi) is 5.35. The van der Waals surface area contributed by atoms with E-state index in [2.05, 4.69) is 24.1 Å². The molecule has 0 aliphatic carbocycles. The molecular formula is C21H27N3O2. The van der Waals surface area contributed by atoms with E-state index in [9.17, 15) is 4.79 Å². The van der Waals surface area contributed by atoms with Crippen molar-refractivity contribution in [2.75, 3.05) is 29.6 Å². The number of methoxy groups -OCH3 is 1. The van der Waals surface area contributed by atoms with Crippen molar-refractivity contribution in [3.63, 3.8) is 0 Å². The van der Waals surface area contributed by atoms with Gasteiger partial charge in [-0.05, 0) is 69.0 Å². The molecule has 1 aliphatic heterocycles. The Labute approximate surface area is 155 Å². The summed E-state index contributed by atoms with van der Waals surface area (Å²) < 4.78 is 5.19. The first-order valence-electron chi connectivity index (χ1n) is 9.11. The molecule has 0 radical (unpaired) electrons. The van der Waals surface area contributed by atoms with E-state index in [1.165, 1.54) is 19.3 Å². The van der Waals surface area contributed by atoms with E-state index in [1.807, 2.05) is 18.2 Å². The standard InChI is InChI=1S/C21H27N3O2/c1-14-11-18(22)19(13-20(14)24-10-5-4-7-15(24)2)23-21(25)16-8-6-9-17(12-16)26-3/h6,8-9,11-13,15H,4-5,7,10,22H2,1-3H3,(H,23,25)/t15-/m0/s1. The average Bonchev–Trinajstić information content (AvgIpc) is 2.64. The minimum Gasteiger partial charge on any atom is -0.497 e. The van der Waals surface area contributed by atoms with Gasteiger partial charge in [0.15, 0.2) is 0 Å². The van der Waals surface area contributed by atoms with Crippen molar-refractivity contribution in [2.24, 2.45) is 0 Å². The highest BCUT2D eigenvalue weighted by atomic mass is 16.5. The molecule has 5 nitrogen and oxygen atoms in total. The smallest absolute Gasteiger partial charge is 0.255 e. The predicted molar refractivity (Wildman–Crippen MR) is 107 cm³/mol. The number of rotatable bonds is 4. The molecule has 1 fully saturated rings. The van der Waals surface area contributed by atoms with Gasteiger partial charge in [0.05, 0.1) is 18.5 Å². The molecule has 1 saturated heterocycles. The van der Waals surface area contributed by atoms with Gasteiger partial charge in [-0.25, -0.2) is 0 Å². The van der Waals surface area contributed by atoms with Crippen molar-refractivity contribution in [3.05, 3.63) is 47.5 Å². The lowest BCUT2D eigenvalue weighted by atomic mass is 10.0. The van der Waals surface area contributed by atoms with Gasteiger partial charge in [-0.2, -0.15) is 0 Å². The number of piperidine rings is 1. The maximum absolute atomic E-state index is 12.6. The number of hydrogen-bond acceptors (Lipinski definition) is 4. The SMILES string of the molecule is COc1cccc(C(=O)Nc2cc(N3CCCC[C@@H]3C)c(C)cc2N)c1. The van der Waals surface area contributed by atoms with Crippen molar-refractivity contribution in [1.29, 1.82) is 0 Å². The molecule has 2 aromatic rings. The van der Waals surface area contributed by atoms with Crippen LogP contribution in [0.1, 0.15) is 42.1 Å². The molecule has 0 saturated carbocycles. The molecule has 0 unspecified atom stereocenters. The Morgan fingerprint density at radius 2 is 2.08 bits per heavy atom. The number of nitrogens with zero attached hydrogens (tertiary/aromatic N) is 1. The van der Waals surface area contributed by atoms with Crippen LogP contribution in [0.5, 0.6) is 5.75 Å². The first-order valence-corrected chi connectivity index (χ1v) is 9.11. The van der Waals surface area contributed by atoms with Gasteiger partial charge in [-0.15, -0.1) is 0 Å². The second-order valence-corrected chi connectivity index (χ2v) is 6.95. The van der Waals surface area contributed by atoms with Gasteiger partial charge in [-0.3, -0.25) is 4.79 Å². The molecule has 138 valence electrons. The maximum Gasteiger partial charge on any atom is 0.255 e. The molecule has 3 N–H and O–H groups in total. The summed E-state index contributed by atoms with van der Waals surface area (Å²) in [6, 6.07) is 11.5. The second-order valence-electron chi connectivity index (χ2n) is 6.95. The number of nitrogens with one attached hydrogen (secondary N) is 1. The Balaban J connectivity index is 1.87. The Bertz CT molecular complexity index is 804. The summed E-state index contributed by atoms with van der Waals surface area (Å²) in [6.45, 7) is 5.36. The minimum absolute atomic E-state index is 0.197. The van der Waals surface area contributed by atoms with E-state index in [4.69, 9.17) is 10.5 Å². The first-order chi connectivity index (χ1) is 12.5. The minimum atomic E-state index is -0.197. The summed E-state index contributed by atoms with van der Waals surface area (Å²) in [5.74, 6) is 0.453. The lowest BCUT2D eigenvalue weighted by molar-refractivity contribution is 0.102. The summed E-state index contributed by atoms with van der Waals surface area (Å²) in [5.41, 5.74) is 10.2. The monoisotopic (exact) mass is 353 g/mol. The molecular weight excluding hydrogens is 326 g/mol. The van der Waals surface area contributed by atoms with E-state index >= 15 is 0 Å². The fourth-order valence-electron chi connectivity index (χ4n) is 3.55. The Morgan fingerprint density at radius 3 is 2.81 bits per heavy atom. The van der Waals surface area contributed by atoms with Gasteiger partial charge in [0.1, 0.15) is 5.75 Å². The van der Waals surface area contributed by atoms with Gasteiger partial charge in [0.2, 0.25) is 0 Å².